The number of amides is 1. The fourth-order valence-electron chi connectivity index (χ4n) is 4.89. The lowest BCUT2D eigenvalue weighted by atomic mass is 9.78. The van der Waals surface area contributed by atoms with Gasteiger partial charge in [0.1, 0.15) is 23.7 Å². The van der Waals surface area contributed by atoms with E-state index in [1.54, 1.807) is 23.0 Å². The third kappa shape index (κ3) is 4.05. The molecule has 10 heteroatoms. The van der Waals surface area contributed by atoms with E-state index in [1.165, 1.54) is 17.7 Å². The van der Waals surface area contributed by atoms with Crippen molar-refractivity contribution in [3.63, 3.8) is 0 Å². The van der Waals surface area contributed by atoms with Crippen LogP contribution in [0.1, 0.15) is 34.8 Å². The van der Waals surface area contributed by atoms with Gasteiger partial charge in [0.15, 0.2) is 0 Å². The van der Waals surface area contributed by atoms with Crippen molar-refractivity contribution in [2.24, 2.45) is 5.92 Å². The molecule has 1 amide bonds. The molecule has 1 N–H and O–H groups in total. The topological polar surface area (TPSA) is 97.9 Å². The number of carbonyl (C=O) groups is 1. The van der Waals surface area contributed by atoms with E-state index in [-0.39, 0.29) is 23.3 Å². The average molecular weight is 440 g/mol. The maximum Gasteiger partial charge on any atom is 0.251 e. The van der Waals surface area contributed by atoms with Crippen LogP contribution in [-0.2, 0) is 17.9 Å². The van der Waals surface area contributed by atoms with Crippen LogP contribution in [0.2, 0.25) is 0 Å². The quantitative estimate of drug-likeness (QED) is 0.619. The fraction of sp³-hybridized carbons (Fsp3) is 0.476. The molecule has 0 spiro atoms. The van der Waals surface area contributed by atoms with Crippen LogP contribution in [0.3, 0.4) is 0 Å². The van der Waals surface area contributed by atoms with Crippen LogP contribution < -0.4 is 10.9 Å². The predicted molar refractivity (Wildman–Crippen MR) is 116 cm³/mol. The van der Waals surface area contributed by atoms with E-state index in [1.807, 2.05) is 23.1 Å². The lowest BCUT2D eigenvalue weighted by Crippen LogP contribution is -2.53. The minimum Gasteiger partial charge on any atom is -0.348 e. The summed E-state index contributed by atoms with van der Waals surface area (Å²) in [7, 11) is 0. The van der Waals surface area contributed by atoms with Crippen molar-refractivity contribution in [2.75, 3.05) is 19.6 Å². The molecule has 31 heavy (non-hydrogen) atoms. The van der Waals surface area contributed by atoms with Crippen LogP contribution >= 0.6 is 11.3 Å². The summed E-state index contributed by atoms with van der Waals surface area (Å²) in [5.41, 5.74) is 1.81. The Morgan fingerprint density at radius 3 is 2.97 bits per heavy atom. The number of fused-ring (bicyclic) bond motifs is 4. The average Bonchev–Trinajstić information content (AvgIpc) is 3.43. The number of likely N-dealkylation sites (tertiary alicyclic amines) is 1. The van der Waals surface area contributed by atoms with Crippen molar-refractivity contribution in [2.45, 2.75) is 38.4 Å². The van der Waals surface area contributed by atoms with E-state index in [0.717, 1.165) is 49.0 Å². The Hall–Kier alpha value is -2.85. The van der Waals surface area contributed by atoms with Crippen LogP contribution in [0.25, 0.3) is 0 Å². The molecule has 2 aliphatic rings. The van der Waals surface area contributed by atoms with Gasteiger partial charge in [0.25, 0.3) is 5.56 Å². The molecule has 162 valence electrons. The summed E-state index contributed by atoms with van der Waals surface area (Å²) in [5, 5.41) is 10.1. The van der Waals surface area contributed by atoms with Gasteiger partial charge in [-0.05, 0) is 19.4 Å². The van der Waals surface area contributed by atoms with Gasteiger partial charge in [0.2, 0.25) is 5.91 Å². The maximum atomic E-state index is 13.3. The van der Waals surface area contributed by atoms with Gasteiger partial charge in [0, 0.05) is 54.3 Å². The number of hydrogen-bond acceptors (Lipinski definition) is 7. The second-order valence-electron chi connectivity index (χ2n) is 8.31. The van der Waals surface area contributed by atoms with E-state index in [4.69, 9.17) is 0 Å². The van der Waals surface area contributed by atoms with E-state index in [9.17, 15) is 9.59 Å². The zero-order chi connectivity index (χ0) is 21.4. The van der Waals surface area contributed by atoms with Crippen molar-refractivity contribution >= 4 is 17.2 Å². The summed E-state index contributed by atoms with van der Waals surface area (Å²) in [6.07, 6.45) is 4.17. The van der Waals surface area contributed by atoms with Gasteiger partial charge in [0.05, 0.1) is 13.1 Å². The molecule has 2 bridgehead atoms. The third-order valence-electron chi connectivity index (χ3n) is 6.18. The molecule has 3 aromatic rings. The van der Waals surface area contributed by atoms with Gasteiger partial charge >= 0.3 is 0 Å². The number of hydrogen-bond donors (Lipinski definition) is 1. The number of piperidine rings is 1. The molecule has 5 heterocycles. The first-order valence-electron chi connectivity index (χ1n) is 10.5. The summed E-state index contributed by atoms with van der Waals surface area (Å²) >= 11 is 1.53. The second kappa shape index (κ2) is 8.35. The van der Waals surface area contributed by atoms with Crippen LogP contribution in [0.4, 0.5) is 0 Å². The highest BCUT2D eigenvalue weighted by atomic mass is 32.1. The van der Waals surface area contributed by atoms with Gasteiger partial charge < -0.3 is 10.2 Å². The molecule has 1 fully saturated rings. The van der Waals surface area contributed by atoms with Crippen LogP contribution in [0, 0.1) is 12.8 Å². The van der Waals surface area contributed by atoms with Crippen LogP contribution in [0.5, 0.6) is 0 Å². The molecule has 0 radical (unpaired) electrons. The summed E-state index contributed by atoms with van der Waals surface area (Å²) in [6.45, 7) is 5.56. The predicted octanol–water partition coefficient (Wildman–Crippen LogP) is 1.18. The van der Waals surface area contributed by atoms with E-state index < -0.39 is 6.04 Å². The molecule has 1 saturated heterocycles. The molecule has 0 unspecified atom stereocenters. The summed E-state index contributed by atoms with van der Waals surface area (Å²) in [6, 6.07) is 4.84. The smallest absolute Gasteiger partial charge is 0.251 e. The number of carbonyl (C=O) groups excluding carboxylic acids is 1. The monoisotopic (exact) mass is 439 g/mol. The van der Waals surface area contributed by atoms with Crippen LogP contribution in [-0.4, -0.2) is 54.8 Å². The molecule has 0 aromatic carbocycles. The number of nitrogens with one attached hydrogen (secondary N) is 1. The van der Waals surface area contributed by atoms with Crippen molar-refractivity contribution < 1.29 is 4.79 Å². The summed E-state index contributed by atoms with van der Waals surface area (Å²) < 4.78 is 3.55. The first kappa shape index (κ1) is 20.1. The Morgan fingerprint density at radius 2 is 2.19 bits per heavy atom. The number of thiazole rings is 1. The highest BCUT2D eigenvalue weighted by molar-refractivity contribution is 7.09. The Balaban J connectivity index is 1.38. The Bertz CT molecular complexity index is 1120. The fourth-order valence-corrected chi connectivity index (χ4v) is 5.60. The lowest BCUT2D eigenvalue weighted by Gasteiger charge is -2.46. The second-order valence-corrected chi connectivity index (χ2v) is 9.26. The van der Waals surface area contributed by atoms with Gasteiger partial charge in [-0.15, -0.1) is 11.3 Å². The lowest BCUT2D eigenvalue weighted by molar-refractivity contribution is -0.128. The minimum absolute atomic E-state index is 0.0835. The maximum absolute atomic E-state index is 13.3. The SMILES string of the molecule is Cc1csc(CNC(=O)[C@H]2[C@@H]3C[C@@H](CN(CCn4cncn4)C3)c3cccc(=O)n32)n1. The van der Waals surface area contributed by atoms with E-state index in [0.29, 0.717) is 6.54 Å². The van der Waals surface area contributed by atoms with E-state index >= 15 is 0 Å². The van der Waals surface area contributed by atoms with Gasteiger partial charge in [-0.3, -0.25) is 18.8 Å². The first-order chi connectivity index (χ1) is 15.1. The Labute approximate surface area is 183 Å². The molecule has 9 nitrogen and oxygen atoms in total. The molecular formula is C21H25N7O2S. The third-order valence-corrected chi connectivity index (χ3v) is 7.15. The van der Waals surface area contributed by atoms with Gasteiger partial charge in [-0.2, -0.15) is 5.10 Å². The number of nitrogens with zero attached hydrogens (tertiary/aromatic N) is 6. The van der Waals surface area contributed by atoms with Gasteiger partial charge in [-0.1, -0.05) is 6.07 Å². The molecule has 3 aromatic heterocycles. The Morgan fingerprint density at radius 1 is 1.29 bits per heavy atom. The molecule has 3 atom stereocenters. The van der Waals surface area contributed by atoms with Crippen molar-refractivity contribution in [3.8, 4) is 0 Å². The standard InChI is InChI=1S/C21H25N7O2S/c1-14-11-31-18(25-14)8-23-21(30)20-16-7-15(17-3-2-4-19(29)28(17)20)9-26(10-16)5-6-27-13-22-12-24-27/h2-4,11-13,15-16,20H,5-10H2,1H3,(H,23,30)/t15-,16+,20+/m0/s1. The molecule has 0 saturated carbocycles. The zero-order valence-electron chi connectivity index (χ0n) is 17.3. The van der Waals surface area contributed by atoms with Crippen molar-refractivity contribution in [3.05, 3.63) is 63.0 Å². The summed E-state index contributed by atoms with van der Waals surface area (Å²) in [5.74, 6) is 0.221. The van der Waals surface area contributed by atoms with Gasteiger partial charge in [-0.25, -0.2) is 9.97 Å². The van der Waals surface area contributed by atoms with E-state index in [2.05, 4.69) is 25.3 Å². The van der Waals surface area contributed by atoms with Crippen molar-refractivity contribution in [1.82, 2.24) is 34.5 Å². The number of aryl methyl sites for hydroxylation is 1. The minimum atomic E-state index is -0.504. The number of aromatic nitrogens is 5. The molecule has 2 aliphatic heterocycles. The normalized spacial score (nSPS) is 22.8. The zero-order valence-corrected chi connectivity index (χ0v) is 18.2. The first-order valence-corrected chi connectivity index (χ1v) is 11.4. The highest BCUT2D eigenvalue weighted by Crippen LogP contribution is 2.41. The largest absolute Gasteiger partial charge is 0.348 e. The van der Waals surface area contributed by atoms with Crippen LogP contribution in [0.15, 0.2) is 41.0 Å². The highest BCUT2D eigenvalue weighted by Gasteiger charge is 2.43. The molecular weight excluding hydrogens is 414 g/mol. The molecule has 5 rings (SSSR count). The molecule has 0 aliphatic carbocycles. The number of rotatable bonds is 6. The van der Waals surface area contributed by atoms with Crippen molar-refractivity contribution in [1.29, 1.82) is 0 Å². The summed E-state index contributed by atoms with van der Waals surface area (Å²) in [4.78, 5) is 36.9. The Kier molecular flexibility index (Phi) is 5.41. The number of pyridine rings is 1.